The average molecular weight is 310 g/mol. The van der Waals surface area contributed by atoms with E-state index in [4.69, 9.17) is 0 Å². The highest BCUT2D eigenvalue weighted by Crippen LogP contribution is 2.10. The summed E-state index contributed by atoms with van der Waals surface area (Å²) in [6.07, 6.45) is 5.53. The Labute approximate surface area is 123 Å². The molecule has 2 N–H and O–H groups in total. The minimum atomic E-state index is -3.55. The summed E-state index contributed by atoms with van der Waals surface area (Å²) in [6, 6.07) is 3.18. The Morgan fingerprint density at radius 2 is 2.14 bits per heavy atom. The first kappa shape index (κ1) is 15.4. The SMILES string of the molecule is CCCNc1ccc(S(=O)(=O)NCCn2ccnn2)cn1. The van der Waals surface area contributed by atoms with Crippen LogP contribution in [0.1, 0.15) is 13.3 Å². The van der Waals surface area contributed by atoms with Crippen molar-refractivity contribution in [1.82, 2.24) is 24.7 Å². The first-order valence-electron chi connectivity index (χ1n) is 6.65. The van der Waals surface area contributed by atoms with Gasteiger partial charge in [0.15, 0.2) is 0 Å². The van der Waals surface area contributed by atoms with Crippen LogP contribution in [0, 0.1) is 0 Å². The van der Waals surface area contributed by atoms with Gasteiger partial charge in [-0.3, -0.25) is 4.68 Å². The first-order valence-corrected chi connectivity index (χ1v) is 8.14. The minimum Gasteiger partial charge on any atom is -0.370 e. The van der Waals surface area contributed by atoms with Crippen molar-refractivity contribution in [2.75, 3.05) is 18.4 Å². The van der Waals surface area contributed by atoms with Crippen molar-refractivity contribution < 1.29 is 8.42 Å². The van der Waals surface area contributed by atoms with Gasteiger partial charge in [0.25, 0.3) is 0 Å². The van der Waals surface area contributed by atoms with Crippen LogP contribution in [-0.4, -0.2) is 41.5 Å². The smallest absolute Gasteiger partial charge is 0.242 e. The summed E-state index contributed by atoms with van der Waals surface area (Å²) >= 11 is 0. The predicted molar refractivity (Wildman–Crippen MR) is 78.2 cm³/mol. The molecule has 0 saturated carbocycles. The fourth-order valence-electron chi connectivity index (χ4n) is 1.63. The van der Waals surface area contributed by atoms with Crippen LogP contribution >= 0.6 is 0 Å². The lowest BCUT2D eigenvalue weighted by molar-refractivity contribution is 0.552. The zero-order chi connectivity index (χ0) is 15.1. The molecule has 0 radical (unpaired) electrons. The minimum absolute atomic E-state index is 0.142. The van der Waals surface area contributed by atoms with Crippen molar-refractivity contribution in [2.24, 2.45) is 0 Å². The van der Waals surface area contributed by atoms with Gasteiger partial charge in [0.1, 0.15) is 10.7 Å². The van der Waals surface area contributed by atoms with Crippen LogP contribution in [0.2, 0.25) is 0 Å². The maximum absolute atomic E-state index is 12.1. The summed E-state index contributed by atoms with van der Waals surface area (Å²) in [7, 11) is -3.55. The summed E-state index contributed by atoms with van der Waals surface area (Å²) in [6.45, 7) is 3.50. The normalized spacial score (nSPS) is 11.5. The lowest BCUT2D eigenvalue weighted by atomic mass is 10.4. The fourth-order valence-corrected chi connectivity index (χ4v) is 2.59. The number of nitrogens with zero attached hydrogens (tertiary/aromatic N) is 4. The average Bonchev–Trinajstić information content (AvgIpc) is 2.98. The second kappa shape index (κ2) is 7.14. The van der Waals surface area contributed by atoms with Gasteiger partial charge in [-0.05, 0) is 18.6 Å². The topological polar surface area (TPSA) is 102 Å². The van der Waals surface area contributed by atoms with Gasteiger partial charge in [-0.25, -0.2) is 18.1 Å². The van der Waals surface area contributed by atoms with Crippen LogP contribution in [-0.2, 0) is 16.6 Å². The van der Waals surface area contributed by atoms with E-state index in [1.54, 1.807) is 23.1 Å². The molecule has 0 atom stereocenters. The number of pyridine rings is 1. The van der Waals surface area contributed by atoms with Crippen LogP contribution < -0.4 is 10.0 Å². The molecule has 0 saturated heterocycles. The Morgan fingerprint density at radius 1 is 1.29 bits per heavy atom. The molecule has 0 aliphatic carbocycles. The van der Waals surface area contributed by atoms with Gasteiger partial charge < -0.3 is 5.32 Å². The number of rotatable bonds is 8. The van der Waals surface area contributed by atoms with Gasteiger partial charge in [0.2, 0.25) is 10.0 Å². The highest BCUT2D eigenvalue weighted by molar-refractivity contribution is 7.89. The molecule has 2 rings (SSSR count). The molecule has 9 heteroatoms. The number of aromatic nitrogens is 4. The molecular formula is C12H18N6O2S. The lowest BCUT2D eigenvalue weighted by Gasteiger charge is -2.08. The molecule has 2 heterocycles. The number of nitrogens with one attached hydrogen (secondary N) is 2. The van der Waals surface area contributed by atoms with Crippen LogP contribution in [0.25, 0.3) is 0 Å². The summed E-state index contributed by atoms with van der Waals surface area (Å²) < 4.78 is 28.2. The summed E-state index contributed by atoms with van der Waals surface area (Å²) in [5.74, 6) is 0.665. The number of hydrogen-bond donors (Lipinski definition) is 2. The third-order valence-corrected chi connectivity index (χ3v) is 4.15. The van der Waals surface area contributed by atoms with Crippen molar-refractivity contribution in [3.05, 3.63) is 30.7 Å². The van der Waals surface area contributed by atoms with Crippen molar-refractivity contribution in [2.45, 2.75) is 24.8 Å². The predicted octanol–water partition coefficient (Wildman–Crippen LogP) is 0.473. The van der Waals surface area contributed by atoms with Gasteiger partial charge in [0.05, 0.1) is 12.7 Å². The van der Waals surface area contributed by atoms with Crippen LogP contribution in [0.3, 0.4) is 0 Å². The number of sulfonamides is 1. The highest BCUT2D eigenvalue weighted by atomic mass is 32.2. The summed E-state index contributed by atoms with van der Waals surface area (Å²) in [5.41, 5.74) is 0. The van der Waals surface area contributed by atoms with Gasteiger partial charge >= 0.3 is 0 Å². The van der Waals surface area contributed by atoms with E-state index in [2.05, 4.69) is 25.3 Å². The molecule has 0 unspecified atom stereocenters. The second-order valence-corrected chi connectivity index (χ2v) is 6.14. The Bertz CT molecular complexity index is 639. The molecule has 114 valence electrons. The van der Waals surface area contributed by atoms with E-state index in [1.807, 2.05) is 6.92 Å². The molecule has 0 amide bonds. The van der Waals surface area contributed by atoms with E-state index in [0.717, 1.165) is 13.0 Å². The zero-order valence-electron chi connectivity index (χ0n) is 11.7. The van der Waals surface area contributed by atoms with E-state index in [-0.39, 0.29) is 11.4 Å². The van der Waals surface area contributed by atoms with Gasteiger partial charge in [-0.15, -0.1) is 5.10 Å². The van der Waals surface area contributed by atoms with Gasteiger partial charge in [-0.1, -0.05) is 12.1 Å². The van der Waals surface area contributed by atoms with E-state index in [1.165, 1.54) is 12.3 Å². The van der Waals surface area contributed by atoms with Crippen molar-refractivity contribution >= 4 is 15.8 Å². The van der Waals surface area contributed by atoms with Gasteiger partial charge in [0, 0.05) is 25.5 Å². The molecular weight excluding hydrogens is 292 g/mol. The number of anilines is 1. The molecule has 0 fully saturated rings. The maximum Gasteiger partial charge on any atom is 0.242 e. The second-order valence-electron chi connectivity index (χ2n) is 4.37. The molecule has 2 aromatic rings. The quantitative estimate of drug-likeness (QED) is 0.735. The first-order chi connectivity index (χ1) is 10.1. The Balaban J connectivity index is 1.92. The van der Waals surface area contributed by atoms with Crippen molar-refractivity contribution in [1.29, 1.82) is 0 Å². The molecule has 0 aliphatic heterocycles. The van der Waals surface area contributed by atoms with E-state index >= 15 is 0 Å². The molecule has 8 nitrogen and oxygen atoms in total. The van der Waals surface area contributed by atoms with Crippen molar-refractivity contribution in [3.8, 4) is 0 Å². The Kier molecular flexibility index (Phi) is 5.23. The molecule has 0 bridgehead atoms. The molecule has 21 heavy (non-hydrogen) atoms. The summed E-state index contributed by atoms with van der Waals surface area (Å²) in [5, 5.41) is 10.5. The molecule has 2 aromatic heterocycles. The Morgan fingerprint density at radius 3 is 2.76 bits per heavy atom. The molecule has 0 aliphatic rings. The third kappa shape index (κ3) is 4.50. The van der Waals surface area contributed by atoms with Gasteiger partial charge in [-0.2, -0.15) is 0 Å². The monoisotopic (exact) mass is 310 g/mol. The fraction of sp³-hybridized carbons (Fsp3) is 0.417. The van der Waals surface area contributed by atoms with Crippen molar-refractivity contribution in [3.63, 3.8) is 0 Å². The van der Waals surface area contributed by atoms with E-state index in [9.17, 15) is 8.42 Å². The van der Waals surface area contributed by atoms with Crippen LogP contribution in [0.5, 0.6) is 0 Å². The third-order valence-electron chi connectivity index (χ3n) is 2.71. The highest BCUT2D eigenvalue weighted by Gasteiger charge is 2.13. The molecule has 0 aromatic carbocycles. The largest absolute Gasteiger partial charge is 0.370 e. The zero-order valence-corrected chi connectivity index (χ0v) is 12.5. The lowest BCUT2D eigenvalue weighted by Crippen LogP contribution is -2.27. The van der Waals surface area contributed by atoms with Crippen LogP contribution in [0.4, 0.5) is 5.82 Å². The van der Waals surface area contributed by atoms with E-state index in [0.29, 0.717) is 12.4 Å². The maximum atomic E-state index is 12.1. The standard InChI is InChI=1S/C12H18N6O2S/c1-2-5-13-12-4-3-11(10-14-12)21(19,20)16-7-9-18-8-6-15-17-18/h3-4,6,8,10,16H,2,5,7,9H2,1H3,(H,13,14). The summed E-state index contributed by atoms with van der Waals surface area (Å²) in [4.78, 5) is 4.22. The Hall–Kier alpha value is -2.00. The van der Waals surface area contributed by atoms with Crippen LogP contribution in [0.15, 0.2) is 35.6 Å². The van der Waals surface area contributed by atoms with E-state index < -0.39 is 10.0 Å². The number of hydrogen-bond acceptors (Lipinski definition) is 6. The molecule has 0 spiro atoms.